The summed E-state index contributed by atoms with van der Waals surface area (Å²) < 4.78 is 11.0. The molecule has 0 radical (unpaired) electrons. The fraction of sp³-hybridized carbons (Fsp3) is 0.176. The van der Waals surface area contributed by atoms with Gasteiger partial charge in [0.15, 0.2) is 0 Å². The maximum Gasteiger partial charge on any atom is 0.337 e. The lowest BCUT2D eigenvalue weighted by Crippen LogP contribution is -2.17. The van der Waals surface area contributed by atoms with Crippen LogP contribution in [-0.4, -0.2) is 31.2 Å². The number of carbonyl (C=O) groups is 2. The first-order valence-corrected chi connectivity index (χ1v) is 7.77. The summed E-state index contributed by atoms with van der Waals surface area (Å²) in [6.45, 7) is 0. The lowest BCUT2D eigenvalue weighted by atomic mass is 10.1. The van der Waals surface area contributed by atoms with Crippen LogP contribution in [0.5, 0.6) is 11.5 Å². The smallest absolute Gasteiger partial charge is 0.337 e. The highest BCUT2D eigenvalue weighted by Gasteiger charge is 2.15. The number of benzene rings is 2. The molecular weight excluding hydrogens is 378 g/mol. The van der Waals surface area contributed by atoms with E-state index < -0.39 is 5.97 Å². The fourth-order valence-corrected chi connectivity index (χ4v) is 2.53. The second kappa shape index (κ2) is 7.83. The molecule has 0 saturated carbocycles. The van der Waals surface area contributed by atoms with Crippen molar-refractivity contribution in [1.82, 2.24) is 0 Å². The van der Waals surface area contributed by atoms with Crippen LogP contribution in [0.25, 0.3) is 0 Å². The highest BCUT2D eigenvalue weighted by atomic mass is 79.9. The predicted molar refractivity (Wildman–Crippen MR) is 93.0 cm³/mol. The number of aromatic carboxylic acids is 1. The van der Waals surface area contributed by atoms with Gasteiger partial charge in [0, 0.05) is 16.1 Å². The van der Waals surface area contributed by atoms with Gasteiger partial charge in [-0.05, 0) is 24.3 Å². The highest BCUT2D eigenvalue weighted by Crippen LogP contribution is 2.26. The quantitative estimate of drug-likeness (QED) is 0.785. The second-order valence-corrected chi connectivity index (χ2v) is 5.81. The van der Waals surface area contributed by atoms with Crippen LogP contribution in [0, 0.1) is 0 Å². The van der Waals surface area contributed by atoms with Gasteiger partial charge in [0.25, 0.3) is 0 Å². The van der Waals surface area contributed by atoms with E-state index in [4.69, 9.17) is 9.47 Å². The van der Waals surface area contributed by atoms with Crippen LogP contribution in [0.1, 0.15) is 15.9 Å². The normalized spacial score (nSPS) is 10.1. The van der Waals surface area contributed by atoms with Crippen LogP contribution >= 0.6 is 15.9 Å². The molecule has 0 aliphatic heterocycles. The Labute approximate surface area is 147 Å². The van der Waals surface area contributed by atoms with E-state index in [1.54, 1.807) is 31.4 Å². The number of hydrogen-bond acceptors (Lipinski definition) is 4. The Balaban J connectivity index is 2.19. The minimum atomic E-state index is -1.12. The van der Waals surface area contributed by atoms with Gasteiger partial charge in [-0.2, -0.15) is 0 Å². The number of halogens is 1. The third-order valence-corrected chi connectivity index (χ3v) is 3.82. The molecule has 2 N–H and O–H groups in total. The van der Waals surface area contributed by atoms with E-state index in [9.17, 15) is 14.7 Å². The number of carboxylic acid groups (broad SMARTS) is 1. The molecule has 0 unspecified atom stereocenters. The standard InChI is InChI=1S/C17H16BrNO5/c1-23-12-5-3-10(15(9-12)24-2)7-16(20)19-14-6-4-11(18)8-13(14)17(21)22/h3-6,8-9H,7H2,1-2H3,(H,19,20)(H,21,22). The molecule has 0 spiro atoms. The van der Waals surface area contributed by atoms with Crippen molar-refractivity contribution >= 4 is 33.5 Å². The SMILES string of the molecule is COc1ccc(CC(=O)Nc2ccc(Br)cc2C(=O)O)c(OC)c1. The van der Waals surface area contributed by atoms with Crippen LogP contribution in [0.3, 0.4) is 0 Å². The summed E-state index contributed by atoms with van der Waals surface area (Å²) in [6, 6.07) is 9.79. The van der Waals surface area contributed by atoms with Gasteiger partial charge in [-0.3, -0.25) is 4.79 Å². The maximum absolute atomic E-state index is 12.3. The summed E-state index contributed by atoms with van der Waals surface area (Å²) >= 11 is 3.21. The van der Waals surface area contributed by atoms with E-state index in [-0.39, 0.29) is 23.6 Å². The Morgan fingerprint density at radius 2 is 1.88 bits per heavy atom. The number of amides is 1. The van der Waals surface area contributed by atoms with Crippen molar-refractivity contribution < 1.29 is 24.2 Å². The summed E-state index contributed by atoms with van der Waals surface area (Å²) in [5.41, 5.74) is 0.924. The number of anilines is 1. The van der Waals surface area contributed by atoms with Crippen LogP contribution in [0.4, 0.5) is 5.69 Å². The Morgan fingerprint density at radius 3 is 2.50 bits per heavy atom. The van der Waals surface area contributed by atoms with Gasteiger partial charge in [0.05, 0.1) is 31.9 Å². The largest absolute Gasteiger partial charge is 0.497 e. The molecule has 126 valence electrons. The summed E-state index contributed by atoms with van der Waals surface area (Å²) in [4.78, 5) is 23.5. The van der Waals surface area contributed by atoms with Crippen LogP contribution in [0.2, 0.25) is 0 Å². The lowest BCUT2D eigenvalue weighted by molar-refractivity contribution is -0.115. The monoisotopic (exact) mass is 393 g/mol. The molecule has 0 atom stereocenters. The molecule has 6 nitrogen and oxygen atoms in total. The molecule has 2 aromatic rings. The lowest BCUT2D eigenvalue weighted by Gasteiger charge is -2.12. The summed E-state index contributed by atoms with van der Waals surface area (Å²) in [5.74, 6) is -0.312. The Hall–Kier alpha value is -2.54. The first-order chi connectivity index (χ1) is 11.4. The summed E-state index contributed by atoms with van der Waals surface area (Å²) in [5, 5.41) is 11.8. The van der Waals surface area contributed by atoms with Gasteiger partial charge in [0.2, 0.25) is 5.91 Å². The predicted octanol–water partition coefficient (Wildman–Crippen LogP) is 3.35. The van der Waals surface area contributed by atoms with Crippen LogP contribution in [0.15, 0.2) is 40.9 Å². The first-order valence-electron chi connectivity index (χ1n) is 6.98. The maximum atomic E-state index is 12.3. The van der Waals surface area contributed by atoms with Crippen LogP contribution < -0.4 is 14.8 Å². The number of ether oxygens (including phenoxy) is 2. The summed E-state index contributed by atoms with van der Waals surface area (Å²) in [6.07, 6.45) is 0.0439. The van der Waals surface area contributed by atoms with Crippen molar-refractivity contribution in [3.8, 4) is 11.5 Å². The van der Waals surface area contributed by atoms with Gasteiger partial charge in [-0.1, -0.05) is 22.0 Å². The average molecular weight is 394 g/mol. The minimum absolute atomic E-state index is 0.0134. The van der Waals surface area contributed by atoms with Crippen molar-refractivity contribution in [2.45, 2.75) is 6.42 Å². The van der Waals surface area contributed by atoms with E-state index >= 15 is 0 Å². The molecule has 0 aliphatic rings. The zero-order valence-electron chi connectivity index (χ0n) is 13.1. The van der Waals surface area contributed by atoms with Gasteiger partial charge in [-0.25, -0.2) is 4.79 Å². The number of hydrogen-bond donors (Lipinski definition) is 2. The molecule has 0 fully saturated rings. The molecule has 2 aromatic carbocycles. The molecule has 0 saturated heterocycles. The van der Waals surface area contributed by atoms with E-state index in [0.717, 1.165) is 0 Å². The Morgan fingerprint density at radius 1 is 1.12 bits per heavy atom. The molecule has 0 heterocycles. The molecule has 24 heavy (non-hydrogen) atoms. The second-order valence-electron chi connectivity index (χ2n) is 4.90. The Bertz CT molecular complexity index is 776. The number of nitrogens with one attached hydrogen (secondary N) is 1. The molecule has 1 amide bonds. The van der Waals surface area contributed by atoms with Crippen molar-refractivity contribution in [2.24, 2.45) is 0 Å². The molecule has 0 aliphatic carbocycles. The number of methoxy groups -OCH3 is 2. The number of carbonyl (C=O) groups excluding carboxylic acids is 1. The number of carboxylic acids is 1. The number of rotatable bonds is 6. The summed E-state index contributed by atoms with van der Waals surface area (Å²) in [7, 11) is 3.05. The molecule has 2 rings (SSSR count). The fourth-order valence-electron chi connectivity index (χ4n) is 2.17. The molecule has 0 aromatic heterocycles. The topological polar surface area (TPSA) is 84.9 Å². The Kier molecular flexibility index (Phi) is 5.81. The third-order valence-electron chi connectivity index (χ3n) is 3.33. The molecule has 7 heteroatoms. The first kappa shape index (κ1) is 17.8. The van der Waals surface area contributed by atoms with Gasteiger partial charge in [-0.15, -0.1) is 0 Å². The molecular formula is C17H16BrNO5. The average Bonchev–Trinajstić information content (AvgIpc) is 2.56. The van der Waals surface area contributed by atoms with Crippen molar-refractivity contribution in [3.05, 3.63) is 52.0 Å². The highest BCUT2D eigenvalue weighted by molar-refractivity contribution is 9.10. The van der Waals surface area contributed by atoms with Gasteiger partial charge in [0.1, 0.15) is 11.5 Å². The van der Waals surface area contributed by atoms with E-state index in [1.165, 1.54) is 19.2 Å². The third kappa shape index (κ3) is 4.26. The van der Waals surface area contributed by atoms with Gasteiger partial charge < -0.3 is 19.9 Å². The van der Waals surface area contributed by atoms with Crippen molar-refractivity contribution in [3.63, 3.8) is 0 Å². The minimum Gasteiger partial charge on any atom is -0.497 e. The van der Waals surface area contributed by atoms with Crippen LogP contribution in [-0.2, 0) is 11.2 Å². The zero-order valence-corrected chi connectivity index (χ0v) is 14.7. The van der Waals surface area contributed by atoms with Crippen molar-refractivity contribution in [1.29, 1.82) is 0 Å². The zero-order chi connectivity index (χ0) is 17.7. The van der Waals surface area contributed by atoms with Crippen molar-refractivity contribution in [2.75, 3.05) is 19.5 Å². The van der Waals surface area contributed by atoms with E-state index in [0.29, 0.717) is 21.5 Å². The molecule has 0 bridgehead atoms. The van der Waals surface area contributed by atoms with E-state index in [2.05, 4.69) is 21.2 Å². The van der Waals surface area contributed by atoms with E-state index in [1.807, 2.05) is 0 Å². The van der Waals surface area contributed by atoms with Gasteiger partial charge >= 0.3 is 5.97 Å².